The minimum absolute atomic E-state index is 0.532. The van der Waals surface area contributed by atoms with Crippen molar-refractivity contribution in [3.05, 3.63) is 29.3 Å². The highest BCUT2D eigenvalue weighted by Gasteiger charge is 2.44. The van der Waals surface area contributed by atoms with Crippen molar-refractivity contribution in [2.45, 2.75) is 33.1 Å². The minimum Gasteiger partial charge on any atom is -0.481 e. The Hall–Kier alpha value is -1.51. The van der Waals surface area contributed by atoms with Gasteiger partial charge in [0.25, 0.3) is 0 Å². The fraction of sp³-hybridized carbons (Fsp3) is 0.500. The first-order valence-electron chi connectivity index (χ1n) is 6.08. The van der Waals surface area contributed by atoms with Gasteiger partial charge in [0, 0.05) is 12.2 Å². The molecule has 1 aliphatic carbocycles. The first-order valence-corrected chi connectivity index (χ1v) is 6.08. The number of nitrogens with one attached hydrogen (secondary N) is 1. The number of hydrogen-bond acceptors (Lipinski definition) is 2. The van der Waals surface area contributed by atoms with Crippen LogP contribution in [0.2, 0.25) is 0 Å². The lowest BCUT2D eigenvalue weighted by molar-refractivity contribution is -0.153. The molecule has 0 bridgehead atoms. The second-order valence-corrected chi connectivity index (χ2v) is 5.11. The van der Waals surface area contributed by atoms with Gasteiger partial charge in [-0.3, -0.25) is 4.79 Å². The highest BCUT2D eigenvalue weighted by atomic mass is 16.4. The van der Waals surface area contributed by atoms with Gasteiger partial charge in [0.05, 0.1) is 5.41 Å². The second-order valence-electron chi connectivity index (χ2n) is 5.11. The fourth-order valence-electron chi connectivity index (χ4n) is 2.26. The van der Waals surface area contributed by atoms with Crippen LogP contribution in [0.5, 0.6) is 0 Å². The standard InChI is InChI=1S/C14H19NO2/c1-10-4-5-11(2)12(8-10)15-9-14(13(16)17)6-3-7-14/h4-5,8,15H,3,6-7,9H2,1-2H3,(H,16,17). The molecule has 0 unspecified atom stereocenters. The third kappa shape index (κ3) is 2.28. The number of carboxylic acid groups (broad SMARTS) is 1. The summed E-state index contributed by atoms with van der Waals surface area (Å²) in [6.07, 6.45) is 2.61. The summed E-state index contributed by atoms with van der Waals surface area (Å²) in [5, 5.41) is 12.5. The maximum Gasteiger partial charge on any atom is 0.311 e. The number of anilines is 1. The van der Waals surface area contributed by atoms with Crippen molar-refractivity contribution < 1.29 is 9.90 Å². The number of rotatable bonds is 4. The Balaban J connectivity index is 2.07. The first-order chi connectivity index (χ1) is 8.03. The number of carboxylic acids is 1. The van der Waals surface area contributed by atoms with E-state index in [0.717, 1.165) is 30.5 Å². The molecule has 1 saturated carbocycles. The summed E-state index contributed by atoms with van der Waals surface area (Å²) in [7, 11) is 0. The average Bonchev–Trinajstić information content (AvgIpc) is 2.21. The van der Waals surface area contributed by atoms with Gasteiger partial charge in [0.1, 0.15) is 0 Å². The van der Waals surface area contributed by atoms with E-state index in [9.17, 15) is 9.90 Å². The molecule has 2 N–H and O–H groups in total. The quantitative estimate of drug-likeness (QED) is 0.840. The maximum atomic E-state index is 11.2. The molecule has 1 aliphatic rings. The van der Waals surface area contributed by atoms with Gasteiger partial charge in [-0.1, -0.05) is 18.6 Å². The van der Waals surface area contributed by atoms with Crippen molar-refractivity contribution >= 4 is 11.7 Å². The van der Waals surface area contributed by atoms with Gasteiger partial charge in [0.2, 0.25) is 0 Å². The number of benzene rings is 1. The zero-order chi connectivity index (χ0) is 12.5. The Morgan fingerprint density at radius 3 is 2.65 bits per heavy atom. The lowest BCUT2D eigenvalue weighted by Crippen LogP contribution is -2.43. The predicted octanol–water partition coefficient (Wildman–Crippen LogP) is 2.97. The number of hydrogen-bond donors (Lipinski definition) is 2. The molecule has 1 fully saturated rings. The summed E-state index contributed by atoms with van der Waals surface area (Å²) >= 11 is 0. The summed E-state index contributed by atoms with van der Waals surface area (Å²) in [6, 6.07) is 6.20. The van der Waals surface area contributed by atoms with Crippen LogP contribution in [0.15, 0.2) is 18.2 Å². The summed E-state index contributed by atoms with van der Waals surface area (Å²) in [6.45, 7) is 4.61. The van der Waals surface area contributed by atoms with Crippen LogP contribution < -0.4 is 5.32 Å². The Morgan fingerprint density at radius 1 is 1.41 bits per heavy atom. The van der Waals surface area contributed by atoms with Crippen molar-refractivity contribution in [3.8, 4) is 0 Å². The van der Waals surface area contributed by atoms with Gasteiger partial charge in [-0.05, 0) is 43.9 Å². The lowest BCUT2D eigenvalue weighted by Gasteiger charge is -2.38. The molecule has 1 aromatic carbocycles. The summed E-state index contributed by atoms with van der Waals surface area (Å²) < 4.78 is 0. The van der Waals surface area contributed by atoms with E-state index < -0.39 is 11.4 Å². The van der Waals surface area contributed by atoms with E-state index in [1.54, 1.807) is 0 Å². The van der Waals surface area contributed by atoms with E-state index in [2.05, 4.69) is 23.5 Å². The highest BCUT2D eigenvalue weighted by Crippen LogP contribution is 2.41. The molecule has 3 heteroatoms. The van der Waals surface area contributed by atoms with E-state index >= 15 is 0 Å². The Labute approximate surface area is 102 Å². The molecule has 0 saturated heterocycles. The summed E-state index contributed by atoms with van der Waals surface area (Å²) in [5.41, 5.74) is 2.87. The van der Waals surface area contributed by atoms with Gasteiger partial charge in [-0.25, -0.2) is 0 Å². The first kappa shape index (κ1) is 12.0. The molecule has 0 radical (unpaired) electrons. The van der Waals surface area contributed by atoms with Gasteiger partial charge in [-0.15, -0.1) is 0 Å². The Kier molecular flexibility index (Phi) is 3.09. The highest BCUT2D eigenvalue weighted by molar-refractivity contribution is 5.76. The molecule has 0 spiro atoms. The van der Waals surface area contributed by atoms with E-state index in [1.807, 2.05) is 13.8 Å². The largest absolute Gasteiger partial charge is 0.481 e. The van der Waals surface area contributed by atoms with Crippen molar-refractivity contribution in [2.24, 2.45) is 5.41 Å². The van der Waals surface area contributed by atoms with Gasteiger partial charge in [-0.2, -0.15) is 0 Å². The van der Waals surface area contributed by atoms with Crippen molar-refractivity contribution in [3.63, 3.8) is 0 Å². The fourth-order valence-corrected chi connectivity index (χ4v) is 2.26. The van der Waals surface area contributed by atoms with Crippen LogP contribution in [0, 0.1) is 19.3 Å². The third-order valence-electron chi connectivity index (χ3n) is 3.77. The molecule has 0 aliphatic heterocycles. The molecule has 0 aromatic heterocycles. The Bertz CT molecular complexity index is 436. The lowest BCUT2D eigenvalue weighted by atomic mass is 9.69. The maximum absolute atomic E-state index is 11.2. The van der Waals surface area contributed by atoms with E-state index in [1.165, 1.54) is 5.56 Å². The predicted molar refractivity (Wildman–Crippen MR) is 68.3 cm³/mol. The van der Waals surface area contributed by atoms with Crippen LogP contribution in [-0.4, -0.2) is 17.6 Å². The smallest absolute Gasteiger partial charge is 0.311 e. The molecule has 2 rings (SSSR count). The molecular formula is C14H19NO2. The molecule has 3 nitrogen and oxygen atoms in total. The zero-order valence-corrected chi connectivity index (χ0v) is 10.4. The topological polar surface area (TPSA) is 49.3 Å². The van der Waals surface area contributed by atoms with Crippen molar-refractivity contribution in [2.75, 3.05) is 11.9 Å². The molecule has 92 valence electrons. The van der Waals surface area contributed by atoms with Crippen LogP contribution in [0.1, 0.15) is 30.4 Å². The van der Waals surface area contributed by atoms with Crippen LogP contribution >= 0.6 is 0 Å². The van der Waals surface area contributed by atoms with Crippen molar-refractivity contribution in [1.82, 2.24) is 0 Å². The average molecular weight is 233 g/mol. The van der Waals surface area contributed by atoms with E-state index in [4.69, 9.17) is 0 Å². The Morgan fingerprint density at radius 2 is 2.12 bits per heavy atom. The van der Waals surface area contributed by atoms with Gasteiger partial charge >= 0.3 is 5.97 Å². The van der Waals surface area contributed by atoms with Crippen LogP contribution in [0.3, 0.4) is 0 Å². The molecule has 0 atom stereocenters. The molecular weight excluding hydrogens is 214 g/mol. The van der Waals surface area contributed by atoms with Gasteiger partial charge in [0.15, 0.2) is 0 Å². The second kappa shape index (κ2) is 4.40. The SMILES string of the molecule is Cc1ccc(C)c(NCC2(C(=O)O)CCC2)c1. The third-order valence-corrected chi connectivity index (χ3v) is 3.77. The van der Waals surface area contributed by atoms with Crippen LogP contribution in [0.4, 0.5) is 5.69 Å². The van der Waals surface area contributed by atoms with Crippen molar-refractivity contribution in [1.29, 1.82) is 0 Å². The zero-order valence-electron chi connectivity index (χ0n) is 10.4. The monoisotopic (exact) mass is 233 g/mol. The van der Waals surface area contributed by atoms with E-state index in [0.29, 0.717) is 6.54 Å². The number of aliphatic carboxylic acids is 1. The van der Waals surface area contributed by atoms with Crippen LogP contribution in [-0.2, 0) is 4.79 Å². The minimum atomic E-state index is -0.665. The molecule has 1 aromatic rings. The van der Waals surface area contributed by atoms with E-state index in [-0.39, 0.29) is 0 Å². The molecule has 17 heavy (non-hydrogen) atoms. The summed E-state index contributed by atoms with van der Waals surface area (Å²) in [5.74, 6) is -0.665. The normalized spacial score (nSPS) is 17.3. The van der Waals surface area contributed by atoms with Crippen LogP contribution in [0.25, 0.3) is 0 Å². The molecule has 0 heterocycles. The number of aryl methyl sites for hydroxylation is 2. The van der Waals surface area contributed by atoms with Gasteiger partial charge < -0.3 is 10.4 Å². The summed E-state index contributed by atoms with van der Waals surface area (Å²) in [4.78, 5) is 11.2. The molecule has 0 amide bonds. The number of carbonyl (C=O) groups is 1.